The number of ether oxygens (including phenoxy) is 1. The van der Waals surface area contributed by atoms with E-state index in [1.807, 2.05) is 29.2 Å². The topological polar surface area (TPSA) is 167 Å². The number of nitrogens with zero attached hydrogens (tertiary/aromatic N) is 7. The molecule has 172 valence electrons. The highest BCUT2D eigenvalue weighted by Gasteiger charge is 2.17. The number of nitro benzene ring substituents is 1. The van der Waals surface area contributed by atoms with Crippen molar-refractivity contribution in [1.29, 1.82) is 0 Å². The number of para-hydroxylation sites is 1. The molecule has 0 unspecified atom stereocenters. The van der Waals surface area contributed by atoms with Crippen LogP contribution in [0.5, 0.6) is 5.88 Å². The van der Waals surface area contributed by atoms with E-state index in [0.717, 1.165) is 5.52 Å². The first-order chi connectivity index (χ1) is 16.6. The van der Waals surface area contributed by atoms with Crippen molar-refractivity contribution in [2.24, 2.45) is 10.2 Å². The van der Waals surface area contributed by atoms with Gasteiger partial charge in [0, 0.05) is 36.3 Å². The van der Waals surface area contributed by atoms with Gasteiger partial charge in [0.05, 0.1) is 23.7 Å². The Morgan fingerprint density at radius 2 is 1.82 bits per heavy atom. The molecule has 1 fully saturated rings. The monoisotopic (exact) mass is 461 g/mol. The summed E-state index contributed by atoms with van der Waals surface area (Å²) in [5.74, 6) is 0.504. The van der Waals surface area contributed by atoms with Gasteiger partial charge in [-0.2, -0.15) is 15.0 Å². The summed E-state index contributed by atoms with van der Waals surface area (Å²) in [6.07, 6.45) is 0. The molecule has 5 rings (SSSR count). The molecule has 13 nitrogen and oxygen atoms in total. The van der Waals surface area contributed by atoms with Crippen LogP contribution in [0.2, 0.25) is 0 Å². The molecule has 3 heterocycles. The number of nitrogens with one attached hydrogen (secondary N) is 2. The van der Waals surface area contributed by atoms with Crippen LogP contribution in [0.3, 0.4) is 0 Å². The van der Waals surface area contributed by atoms with Crippen molar-refractivity contribution in [2.75, 3.05) is 36.5 Å². The molecule has 0 radical (unpaired) electrons. The predicted octanol–water partition coefficient (Wildman–Crippen LogP) is 3.96. The first kappa shape index (κ1) is 21.2. The Bertz CT molecular complexity index is 1360. The van der Waals surface area contributed by atoms with Gasteiger partial charge >= 0.3 is 0 Å². The number of hydrogen-bond donors (Lipinski definition) is 3. The van der Waals surface area contributed by atoms with E-state index in [-0.39, 0.29) is 29.2 Å². The quantitative estimate of drug-likeness (QED) is 0.219. The van der Waals surface area contributed by atoms with Gasteiger partial charge < -0.3 is 25.0 Å². The van der Waals surface area contributed by atoms with Crippen molar-refractivity contribution >= 4 is 45.8 Å². The summed E-state index contributed by atoms with van der Waals surface area (Å²) in [5.41, 5.74) is 1.53. The van der Waals surface area contributed by atoms with Crippen molar-refractivity contribution in [3.8, 4) is 5.88 Å². The molecular weight excluding hydrogens is 442 g/mol. The second kappa shape index (κ2) is 9.07. The zero-order chi connectivity index (χ0) is 23.5. The average molecular weight is 461 g/mol. The summed E-state index contributed by atoms with van der Waals surface area (Å²) in [6, 6.07) is 13.2. The molecule has 0 amide bonds. The van der Waals surface area contributed by atoms with Crippen LogP contribution >= 0.6 is 0 Å². The van der Waals surface area contributed by atoms with Crippen molar-refractivity contribution in [2.45, 2.75) is 0 Å². The second-order valence-corrected chi connectivity index (χ2v) is 7.36. The molecule has 1 aliphatic rings. The Labute approximate surface area is 192 Å². The molecule has 0 bridgehead atoms. The normalized spacial score (nSPS) is 14.1. The molecule has 0 spiro atoms. The van der Waals surface area contributed by atoms with Gasteiger partial charge in [0.2, 0.25) is 17.8 Å². The molecule has 2 aromatic carbocycles. The van der Waals surface area contributed by atoms with Crippen LogP contribution in [-0.2, 0) is 4.74 Å². The van der Waals surface area contributed by atoms with E-state index in [1.54, 1.807) is 12.1 Å². The third kappa shape index (κ3) is 4.45. The maximum atomic E-state index is 10.9. The number of H-pyrrole nitrogens is 1. The van der Waals surface area contributed by atoms with E-state index >= 15 is 0 Å². The highest BCUT2D eigenvalue weighted by Crippen LogP contribution is 2.36. The number of non-ortho nitro benzene ring substituents is 1. The Morgan fingerprint density at radius 1 is 1.06 bits per heavy atom. The molecule has 4 aromatic rings. The first-order valence-electron chi connectivity index (χ1n) is 10.4. The lowest BCUT2D eigenvalue weighted by Crippen LogP contribution is -2.37. The van der Waals surface area contributed by atoms with Crippen LogP contribution < -0.4 is 10.2 Å². The fourth-order valence-electron chi connectivity index (χ4n) is 3.46. The third-order valence-electron chi connectivity index (χ3n) is 5.14. The minimum Gasteiger partial charge on any atom is -0.493 e. The lowest BCUT2D eigenvalue weighted by atomic mass is 10.2. The number of fused-ring (bicyclic) bond motifs is 1. The van der Waals surface area contributed by atoms with Gasteiger partial charge in [-0.15, -0.1) is 10.2 Å². The van der Waals surface area contributed by atoms with Crippen LogP contribution in [0.25, 0.3) is 10.9 Å². The molecular formula is C21H19N9O4. The zero-order valence-electron chi connectivity index (χ0n) is 17.7. The van der Waals surface area contributed by atoms with Crippen molar-refractivity contribution in [1.82, 2.24) is 19.9 Å². The number of azo groups is 1. The average Bonchev–Trinajstić information content (AvgIpc) is 3.18. The summed E-state index contributed by atoms with van der Waals surface area (Å²) in [6.45, 7) is 2.27. The molecule has 1 aliphatic heterocycles. The van der Waals surface area contributed by atoms with Gasteiger partial charge in [-0.3, -0.25) is 10.1 Å². The van der Waals surface area contributed by atoms with Crippen LogP contribution in [0.4, 0.5) is 34.9 Å². The van der Waals surface area contributed by atoms with Crippen LogP contribution in [0, 0.1) is 10.1 Å². The molecule has 13 heteroatoms. The van der Waals surface area contributed by atoms with E-state index < -0.39 is 4.92 Å². The maximum Gasteiger partial charge on any atom is 0.275 e. The first-order valence-corrected chi connectivity index (χ1v) is 10.4. The minimum absolute atomic E-state index is 0.0248. The van der Waals surface area contributed by atoms with Gasteiger partial charge in [0.25, 0.3) is 11.6 Å². The van der Waals surface area contributed by atoms with Crippen molar-refractivity contribution < 1.29 is 14.8 Å². The van der Waals surface area contributed by atoms with Crippen molar-refractivity contribution in [3.05, 3.63) is 58.6 Å². The van der Waals surface area contributed by atoms with E-state index in [9.17, 15) is 15.2 Å². The fourth-order valence-corrected chi connectivity index (χ4v) is 3.46. The number of morpholine rings is 1. The summed E-state index contributed by atoms with van der Waals surface area (Å²) < 4.78 is 5.40. The molecule has 1 saturated heterocycles. The van der Waals surface area contributed by atoms with E-state index in [2.05, 4.69) is 35.5 Å². The highest BCUT2D eigenvalue weighted by atomic mass is 16.6. The number of aromatic hydroxyl groups is 1. The number of anilines is 3. The number of aromatic amines is 1. The Kier molecular flexibility index (Phi) is 5.66. The van der Waals surface area contributed by atoms with Crippen molar-refractivity contribution in [3.63, 3.8) is 0 Å². The minimum atomic E-state index is -0.470. The summed E-state index contributed by atoms with van der Waals surface area (Å²) in [5, 5.41) is 33.2. The van der Waals surface area contributed by atoms with Gasteiger partial charge in [0.15, 0.2) is 5.69 Å². The molecule has 0 atom stereocenters. The number of rotatable bonds is 6. The SMILES string of the molecule is O=[N+]([O-])c1ccc(Nc2nc(N=Nc3c(O)[nH]c4ccccc34)nc(N3CCOCC3)n2)cc1. The van der Waals surface area contributed by atoms with Gasteiger partial charge in [-0.05, 0) is 18.2 Å². The number of hydrogen-bond acceptors (Lipinski definition) is 11. The molecule has 3 N–H and O–H groups in total. The zero-order valence-corrected chi connectivity index (χ0v) is 17.7. The largest absolute Gasteiger partial charge is 0.493 e. The number of benzene rings is 2. The Hall–Kier alpha value is -4.65. The second-order valence-electron chi connectivity index (χ2n) is 7.36. The molecule has 0 saturated carbocycles. The Balaban J connectivity index is 1.48. The lowest BCUT2D eigenvalue weighted by Gasteiger charge is -2.26. The third-order valence-corrected chi connectivity index (χ3v) is 5.14. The fraction of sp³-hybridized carbons (Fsp3) is 0.190. The predicted molar refractivity (Wildman–Crippen MR) is 123 cm³/mol. The van der Waals surface area contributed by atoms with Crippen LogP contribution in [0.15, 0.2) is 58.8 Å². The number of aromatic nitrogens is 4. The van der Waals surface area contributed by atoms with Gasteiger partial charge in [-0.1, -0.05) is 18.2 Å². The maximum absolute atomic E-state index is 10.9. The summed E-state index contributed by atoms with van der Waals surface area (Å²) in [7, 11) is 0. The highest BCUT2D eigenvalue weighted by molar-refractivity contribution is 5.94. The Morgan fingerprint density at radius 3 is 2.59 bits per heavy atom. The van der Waals surface area contributed by atoms with Gasteiger partial charge in [0.1, 0.15) is 0 Å². The van der Waals surface area contributed by atoms with E-state index in [1.165, 1.54) is 12.1 Å². The van der Waals surface area contributed by atoms with E-state index in [0.29, 0.717) is 43.3 Å². The van der Waals surface area contributed by atoms with Crippen LogP contribution in [0.1, 0.15) is 0 Å². The summed E-state index contributed by atoms with van der Waals surface area (Å²) in [4.78, 5) is 28.4. The molecule has 0 aliphatic carbocycles. The summed E-state index contributed by atoms with van der Waals surface area (Å²) >= 11 is 0. The van der Waals surface area contributed by atoms with Crippen LogP contribution in [-0.4, -0.2) is 56.3 Å². The molecule has 2 aromatic heterocycles. The van der Waals surface area contributed by atoms with E-state index in [4.69, 9.17) is 4.74 Å². The smallest absolute Gasteiger partial charge is 0.275 e. The standard InChI is InChI=1S/C21H19N9O4/c31-18-17(15-3-1-2-4-16(15)23-18)27-28-20-24-19(22-13-5-7-14(8-6-13)30(32)33)25-21(26-20)29-9-11-34-12-10-29/h1-8,23,31H,9-12H2,(H,22,24,25,26). The lowest BCUT2D eigenvalue weighted by molar-refractivity contribution is -0.384. The molecule has 34 heavy (non-hydrogen) atoms. The number of nitro groups is 1. The van der Waals surface area contributed by atoms with Gasteiger partial charge in [-0.25, -0.2) is 0 Å².